The van der Waals surface area contributed by atoms with Crippen LogP contribution in [0.4, 0.5) is 0 Å². The number of sulfone groups is 1. The Balaban J connectivity index is 3.41. The lowest BCUT2D eigenvalue weighted by molar-refractivity contribution is 0.293. The third kappa shape index (κ3) is 5.48. The Morgan fingerprint density at radius 1 is 1.32 bits per heavy atom. The molecule has 3 N–H and O–H groups in total. The molecule has 0 bridgehead atoms. The van der Waals surface area contributed by atoms with Gasteiger partial charge in [-0.3, -0.25) is 15.2 Å². The molecule has 7 nitrogen and oxygen atoms in total. The van der Waals surface area contributed by atoms with Gasteiger partial charge < -0.3 is 5.73 Å². The van der Waals surface area contributed by atoms with Crippen molar-refractivity contribution in [3.63, 3.8) is 0 Å². The van der Waals surface area contributed by atoms with Gasteiger partial charge in [0.15, 0.2) is 9.84 Å². The van der Waals surface area contributed by atoms with E-state index in [9.17, 15) is 8.42 Å². The molecule has 0 heterocycles. The van der Waals surface area contributed by atoms with E-state index in [1.54, 1.807) is 24.3 Å². The predicted molar refractivity (Wildman–Crippen MR) is 104 cm³/mol. The molecule has 0 aromatic heterocycles. The summed E-state index contributed by atoms with van der Waals surface area (Å²) in [5.74, 6) is 0.242. The lowest BCUT2D eigenvalue weighted by Crippen LogP contribution is -2.41. The summed E-state index contributed by atoms with van der Waals surface area (Å²) in [5.41, 5.74) is 8.17. The summed E-state index contributed by atoms with van der Waals surface area (Å²) < 4.78 is 23.2. The fraction of sp³-hybridized carbons (Fsp3) is 0.412. The minimum atomic E-state index is -3.23. The van der Waals surface area contributed by atoms with Crippen molar-refractivity contribution in [2.24, 2.45) is 15.7 Å². The van der Waals surface area contributed by atoms with Gasteiger partial charge in [0.05, 0.1) is 4.90 Å². The van der Waals surface area contributed by atoms with Gasteiger partial charge in [0.1, 0.15) is 17.7 Å². The molecular formula is C17H27N5O2S. The van der Waals surface area contributed by atoms with Gasteiger partial charge in [-0.25, -0.2) is 13.4 Å². The number of nitrogens with one attached hydrogen (secondary N) is 1. The molecule has 138 valence electrons. The smallest absolute Gasteiger partial charge is 0.175 e. The van der Waals surface area contributed by atoms with Gasteiger partial charge in [0.25, 0.3) is 0 Å². The third-order valence-corrected chi connectivity index (χ3v) is 4.82. The highest BCUT2D eigenvalue weighted by Gasteiger charge is 2.19. The molecule has 0 aliphatic heterocycles. The van der Waals surface area contributed by atoms with Crippen LogP contribution in [0.2, 0.25) is 0 Å². The second kappa shape index (κ2) is 8.89. The molecule has 8 heteroatoms. The quantitative estimate of drug-likeness (QED) is 0.533. The molecule has 0 amide bonds. The van der Waals surface area contributed by atoms with E-state index in [4.69, 9.17) is 10.7 Å². The van der Waals surface area contributed by atoms with Gasteiger partial charge in [-0.15, -0.1) is 0 Å². The maximum atomic E-state index is 11.6. The number of rotatable bonds is 8. The van der Waals surface area contributed by atoms with Crippen molar-refractivity contribution in [3.8, 4) is 0 Å². The zero-order valence-corrected chi connectivity index (χ0v) is 16.3. The third-order valence-electron chi connectivity index (χ3n) is 3.69. The second-order valence-electron chi connectivity index (χ2n) is 5.79. The number of benzene rings is 1. The van der Waals surface area contributed by atoms with Gasteiger partial charge in [0, 0.05) is 12.0 Å². The van der Waals surface area contributed by atoms with Crippen molar-refractivity contribution in [2.75, 3.05) is 27.4 Å². The van der Waals surface area contributed by atoms with E-state index in [2.05, 4.69) is 17.0 Å². The second-order valence-corrected chi connectivity index (χ2v) is 7.81. The van der Waals surface area contributed by atoms with Crippen molar-refractivity contribution in [2.45, 2.75) is 24.4 Å². The minimum Gasteiger partial charge on any atom is -0.382 e. The van der Waals surface area contributed by atoms with Crippen LogP contribution < -0.4 is 11.1 Å². The molecule has 0 aliphatic carbocycles. The minimum absolute atomic E-state index is 0.234. The highest BCUT2D eigenvalue weighted by molar-refractivity contribution is 7.90. The summed E-state index contributed by atoms with van der Waals surface area (Å²) in [6.07, 6.45) is 1.60. The van der Waals surface area contributed by atoms with E-state index in [0.717, 1.165) is 11.3 Å². The van der Waals surface area contributed by atoms with Gasteiger partial charge in [-0.05, 0) is 52.0 Å². The summed E-state index contributed by atoms with van der Waals surface area (Å²) in [4.78, 5) is 10.7. The van der Waals surface area contributed by atoms with Crippen LogP contribution in [-0.4, -0.2) is 59.3 Å². The number of aliphatic imine (C=N–C) groups is 2. The summed E-state index contributed by atoms with van der Waals surface area (Å²) in [6.45, 7) is 5.46. The predicted octanol–water partition coefficient (Wildman–Crippen LogP) is 1.22. The van der Waals surface area contributed by atoms with Crippen molar-refractivity contribution < 1.29 is 8.42 Å². The normalized spacial score (nSPS) is 15.0. The lowest BCUT2D eigenvalue weighted by atomic mass is 10.1. The fourth-order valence-corrected chi connectivity index (χ4v) is 3.00. The first-order valence-electron chi connectivity index (χ1n) is 7.83. The zero-order valence-electron chi connectivity index (χ0n) is 15.4. The largest absolute Gasteiger partial charge is 0.382 e. The van der Waals surface area contributed by atoms with Crippen LogP contribution in [0.15, 0.2) is 50.7 Å². The monoisotopic (exact) mass is 365 g/mol. The number of hydrogen-bond acceptors (Lipinski definition) is 7. The molecule has 1 unspecified atom stereocenters. The summed E-state index contributed by atoms with van der Waals surface area (Å²) in [5, 5.41) is 3.14. The Morgan fingerprint density at radius 3 is 2.24 bits per heavy atom. The van der Waals surface area contributed by atoms with E-state index in [1.165, 1.54) is 6.26 Å². The summed E-state index contributed by atoms with van der Waals surface area (Å²) >= 11 is 0. The van der Waals surface area contributed by atoms with E-state index in [0.29, 0.717) is 12.1 Å². The van der Waals surface area contributed by atoms with Crippen LogP contribution in [0.3, 0.4) is 0 Å². The highest BCUT2D eigenvalue weighted by atomic mass is 32.2. The average molecular weight is 366 g/mol. The van der Waals surface area contributed by atoms with Gasteiger partial charge in [0.2, 0.25) is 0 Å². The Bertz CT molecular complexity index is 765. The first-order valence-corrected chi connectivity index (χ1v) is 9.72. The van der Waals surface area contributed by atoms with Gasteiger partial charge in [-0.2, -0.15) is 0 Å². The van der Waals surface area contributed by atoms with Gasteiger partial charge >= 0.3 is 0 Å². The molecular weight excluding hydrogens is 338 g/mol. The zero-order chi connectivity index (χ0) is 19.2. The maximum Gasteiger partial charge on any atom is 0.175 e. The lowest BCUT2D eigenvalue weighted by Gasteiger charge is -2.25. The van der Waals surface area contributed by atoms with Crippen molar-refractivity contribution in [1.82, 2.24) is 10.2 Å². The molecule has 25 heavy (non-hydrogen) atoms. The first kappa shape index (κ1) is 21.0. The molecule has 1 rings (SSSR count). The van der Waals surface area contributed by atoms with E-state index in [1.807, 2.05) is 33.0 Å². The van der Waals surface area contributed by atoms with Gasteiger partial charge in [-0.1, -0.05) is 19.1 Å². The van der Waals surface area contributed by atoms with E-state index >= 15 is 0 Å². The van der Waals surface area contributed by atoms with E-state index < -0.39 is 9.84 Å². The summed E-state index contributed by atoms with van der Waals surface area (Å²) in [6, 6.07) is 6.65. The number of likely N-dealkylation sites (N-methyl/N-ethyl adjacent to an activating group) is 2. The molecule has 0 radical (unpaired) electrons. The van der Waals surface area contributed by atoms with Crippen LogP contribution >= 0.6 is 0 Å². The maximum absolute atomic E-state index is 11.6. The molecule has 0 saturated heterocycles. The average Bonchev–Trinajstić information content (AvgIpc) is 2.56. The van der Waals surface area contributed by atoms with Crippen molar-refractivity contribution >= 4 is 22.3 Å². The SMILES string of the molecule is C=N/C(N)=C(\N=C(CC)c1ccc(S(C)(=O)=O)cc1)C(NC)N(C)C. The molecule has 1 aromatic rings. The molecule has 0 fully saturated rings. The van der Waals surface area contributed by atoms with Crippen LogP contribution in [0.5, 0.6) is 0 Å². The highest BCUT2D eigenvalue weighted by Crippen LogP contribution is 2.17. The van der Waals surface area contributed by atoms with E-state index in [-0.39, 0.29) is 16.9 Å². The van der Waals surface area contributed by atoms with Crippen LogP contribution in [-0.2, 0) is 9.84 Å². The Labute approximate surface area is 150 Å². The number of hydrogen-bond donors (Lipinski definition) is 2. The van der Waals surface area contributed by atoms with Crippen LogP contribution in [0.1, 0.15) is 18.9 Å². The fourth-order valence-electron chi connectivity index (χ4n) is 2.37. The standard InChI is InChI=1S/C17H27N5O2S/c1-7-14(12-8-10-13(11-9-12)25(6,23)24)21-15(16(18)19-2)17(20-3)22(4)5/h8-11,17,20H,2,7,18H2,1,3-6H3/b16-15-,21-14?. The number of nitrogens with two attached hydrogens (primary N) is 1. The number of nitrogens with zero attached hydrogens (tertiary/aromatic N) is 3. The van der Waals surface area contributed by atoms with Crippen molar-refractivity contribution in [1.29, 1.82) is 0 Å². The summed E-state index contributed by atoms with van der Waals surface area (Å²) in [7, 11) is 2.38. The Morgan fingerprint density at radius 2 is 1.88 bits per heavy atom. The first-order chi connectivity index (χ1) is 11.6. The van der Waals surface area contributed by atoms with Crippen LogP contribution in [0, 0.1) is 0 Å². The molecule has 0 spiro atoms. The molecule has 1 atom stereocenters. The Kier molecular flexibility index (Phi) is 7.47. The molecule has 0 saturated carbocycles. The molecule has 1 aromatic carbocycles. The Hall–Kier alpha value is -2.03. The van der Waals surface area contributed by atoms with Crippen molar-refractivity contribution in [3.05, 3.63) is 41.3 Å². The van der Waals surface area contributed by atoms with Crippen LogP contribution in [0.25, 0.3) is 0 Å². The molecule has 0 aliphatic rings. The topological polar surface area (TPSA) is 100 Å².